The van der Waals surface area contributed by atoms with E-state index in [-0.39, 0.29) is 29.6 Å². The summed E-state index contributed by atoms with van der Waals surface area (Å²) in [6.07, 6.45) is 1.12. The molecule has 2 fully saturated rings. The molecule has 2 heterocycles. The van der Waals surface area contributed by atoms with Crippen LogP contribution in [-0.2, 0) is 9.53 Å². The summed E-state index contributed by atoms with van der Waals surface area (Å²) in [5.74, 6) is 0.257. The lowest BCUT2D eigenvalue weighted by atomic mass is 9.81. The van der Waals surface area contributed by atoms with Crippen molar-refractivity contribution in [1.29, 1.82) is 0 Å². The van der Waals surface area contributed by atoms with Crippen LogP contribution in [0.15, 0.2) is 30.3 Å². The predicted octanol–water partition coefficient (Wildman–Crippen LogP) is 2.57. The van der Waals surface area contributed by atoms with Crippen LogP contribution in [-0.4, -0.2) is 35.1 Å². The van der Waals surface area contributed by atoms with Crippen molar-refractivity contribution in [2.75, 3.05) is 6.54 Å². The van der Waals surface area contributed by atoms with Gasteiger partial charge in [0, 0.05) is 6.54 Å². The van der Waals surface area contributed by atoms with Gasteiger partial charge in [-0.15, -0.1) is 0 Å². The SMILES string of the molecule is CC(C)(C)O[C@H]1CCN2C(=O)[C@H](c3ccccc3)[C@H]12. The minimum Gasteiger partial charge on any atom is -0.370 e. The van der Waals surface area contributed by atoms with Crippen LogP contribution in [0.4, 0.5) is 0 Å². The van der Waals surface area contributed by atoms with Gasteiger partial charge in [-0.2, -0.15) is 0 Å². The third-order valence-electron chi connectivity index (χ3n) is 3.95. The molecule has 0 saturated carbocycles. The fraction of sp³-hybridized carbons (Fsp3) is 0.562. The van der Waals surface area contributed by atoms with Crippen molar-refractivity contribution in [2.24, 2.45) is 0 Å². The summed E-state index contributed by atoms with van der Waals surface area (Å²) in [5, 5.41) is 0. The van der Waals surface area contributed by atoms with Crippen LogP contribution in [0.1, 0.15) is 38.7 Å². The van der Waals surface area contributed by atoms with E-state index < -0.39 is 0 Å². The molecule has 3 rings (SSSR count). The minimum absolute atomic E-state index is 0.00366. The quantitative estimate of drug-likeness (QED) is 0.764. The Morgan fingerprint density at radius 1 is 1.21 bits per heavy atom. The molecule has 3 heteroatoms. The molecule has 19 heavy (non-hydrogen) atoms. The van der Waals surface area contributed by atoms with E-state index in [1.54, 1.807) is 0 Å². The maximum atomic E-state index is 12.2. The molecule has 3 atom stereocenters. The number of nitrogens with zero attached hydrogens (tertiary/aromatic N) is 1. The molecule has 1 amide bonds. The highest BCUT2D eigenvalue weighted by molar-refractivity contribution is 5.91. The van der Waals surface area contributed by atoms with Gasteiger partial charge in [-0.05, 0) is 32.8 Å². The number of carbonyl (C=O) groups is 1. The first-order valence-corrected chi connectivity index (χ1v) is 7.00. The fourth-order valence-electron chi connectivity index (χ4n) is 3.26. The molecule has 0 unspecified atom stereocenters. The largest absolute Gasteiger partial charge is 0.370 e. The van der Waals surface area contributed by atoms with Crippen LogP contribution < -0.4 is 0 Å². The highest BCUT2D eigenvalue weighted by Crippen LogP contribution is 2.44. The first kappa shape index (κ1) is 12.7. The van der Waals surface area contributed by atoms with Gasteiger partial charge in [0.1, 0.15) is 0 Å². The lowest BCUT2D eigenvalue weighted by Gasteiger charge is -2.46. The molecule has 2 aliphatic rings. The van der Waals surface area contributed by atoms with Crippen LogP contribution >= 0.6 is 0 Å². The molecule has 1 aromatic carbocycles. The molecular weight excluding hydrogens is 238 g/mol. The monoisotopic (exact) mass is 259 g/mol. The third kappa shape index (κ3) is 2.16. The number of hydrogen-bond acceptors (Lipinski definition) is 2. The Hall–Kier alpha value is -1.35. The second-order valence-corrected chi connectivity index (χ2v) is 6.47. The molecule has 3 nitrogen and oxygen atoms in total. The molecule has 1 aromatic rings. The summed E-state index contributed by atoms with van der Waals surface area (Å²) in [5.41, 5.74) is 0.971. The van der Waals surface area contributed by atoms with E-state index in [9.17, 15) is 4.79 Å². The Kier molecular flexibility index (Phi) is 2.90. The van der Waals surface area contributed by atoms with Gasteiger partial charge in [-0.25, -0.2) is 0 Å². The molecule has 2 saturated heterocycles. The van der Waals surface area contributed by atoms with Crippen molar-refractivity contribution < 1.29 is 9.53 Å². The van der Waals surface area contributed by atoms with Crippen molar-refractivity contribution in [1.82, 2.24) is 4.90 Å². The lowest BCUT2D eigenvalue weighted by molar-refractivity contribution is -0.156. The summed E-state index contributed by atoms with van der Waals surface area (Å²) in [6, 6.07) is 10.3. The molecule has 0 bridgehead atoms. The van der Waals surface area contributed by atoms with Gasteiger partial charge in [0.15, 0.2) is 0 Å². The number of carbonyl (C=O) groups excluding carboxylic acids is 1. The topological polar surface area (TPSA) is 29.5 Å². The Labute approximate surface area is 114 Å². The zero-order valence-electron chi connectivity index (χ0n) is 11.8. The normalized spacial score (nSPS) is 30.2. The molecule has 0 spiro atoms. The highest BCUT2D eigenvalue weighted by atomic mass is 16.5. The smallest absolute Gasteiger partial charge is 0.232 e. The maximum absolute atomic E-state index is 12.2. The van der Waals surface area contributed by atoms with E-state index in [4.69, 9.17) is 4.74 Å². The van der Waals surface area contributed by atoms with E-state index >= 15 is 0 Å². The Morgan fingerprint density at radius 3 is 2.53 bits per heavy atom. The molecular formula is C16H21NO2. The predicted molar refractivity (Wildman–Crippen MR) is 73.9 cm³/mol. The minimum atomic E-state index is -0.152. The Bertz CT molecular complexity index is 477. The van der Waals surface area contributed by atoms with Crippen molar-refractivity contribution >= 4 is 5.91 Å². The number of rotatable bonds is 2. The van der Waals surface area contributed by atoms with Crippen molar-refractivity contribution in [3.63, 3.8) is 0 Å². The summed E-state index contributed by atoms with van der Waals surface area (Å²) >= 11 is 0. The molecule has 0 radical (unpaired) electrons. The Morgan fingerprint density at radius 2 is 1.89 bits per heavy atom. The average molecular weight is 259 g/mol. The van der Waals surface area contributed by atoms with E-state index in [0.717, 1.165) is 18.5 Å². The fourth-order valence-corrected chi connectivity index (χ4v) is 3.26. The van der Waals surface area contributed by atoms with Gasteiger partial charge in [-0.1, -0.05) is 30.3 Å². The van der Waals surface area contributed by atoms with Crippen molar-refractivity contribution in [2.45, 2.75) is 50.9 Å². The molecule has 2 aliphatic heterocycles. The molecule has 102 valence electrons. The number of hydrogen-bond donors (Lipinski definition) is 0. The number of ether oxygens (including phenoxy) is 1. The van der Waals surface area contributed by atoms with Gasteiger partial charge in [-0.3, -0.25) is 4.79 Å². The van der Waals surface area contributed by atoms with Crippen LogP contribution in [0.25, 0.3) is 0 Å². The van der Waals surface area contributed by atoms with E-state index in [2.05, 4.69) is 20.8 Å². The highest BCUT2D eigenvalue weighted by Gasteiger charge is 2.56. The maximum Gasteiger partial charge on any atom is 0.232 e. The van der Waals surface area contributed by atoms with E-state index in [1.165, 1.54) is 0 Å². The first-order chi connectivity index (χ1) is 8.97. The second kappa shape index (κ2) is 4.34. The van der Waals surface area contributed by atoms with Crippen molar-refractivity contribution in [3.05, 3.63) is 35.9 Å². The number of amides is 1. The third-order valence-corrected chi connectivity index (χ3v) is 3.95. The van der Waals surface area contributed by atoms with E-state index in [0.29, 0.717) is 0 Å². The van der Waals surface area contributed by atoms with Crippen LogP contribution in [0.3, 0.4) is 0 Å². The molecule has 0 aliphatic carbocycles. The van der Waals surface area contributed by atoms with Crippen molar-refractivity contribution in [3.8, 4) is 0 Å². The average Bonchev–Trinajstić information content (AvgIpc) is 2.67. The van der Waals surface area contributed by atoms with Crippen LogP contribution in [0, 0.1) is 0 Å². The second-order valence-electron chi connectivity index (χ2n) is 6.47. The van der Waals surface area contributed by atoms with Crippen LogP contribution in [0.2, 0.25) is 0 Å². The van der Waals surface area contributed by atoms with Crippen LogP contribution in [0.5, 0.6) is 0 Å². The van der Waals surface area contributed by atoms with Gasteiger partial charge in [0.2, 0.25) is 5.91 Å². The van der Waals surface area contributed by atoms with Gasteiger partial charge in [0.05, 0.1) is 23.7 Å². The van der Waals surface area contributed by atoms with Gasteiger partial charge >= 0.3 is 0 Å². The van der Waals surface area contributed by atoms with Gasteiger partial charge in [0.25, 0.3) is 0 Å². The molecule has 0 N–H and O–H groups in total. The summed E-state index contributed by atoms with van der Waals surface area (Å²) < 4.78 is 6.14. The number of fused-ring (bicyclic) bond motifs is 1. The van der Waals surface area contributed by atoms with Gasteiger partial charge < -0.3 is 9.64 Å². The number of benzene rings is 1. The lowest BCUT2D eigenvalue weighted by Crippen LogP contribution is -2.59. The summed E-state index contributed by atoms with van der Waals surface area (Å²) in [7, 11) is 0. The molecule has 0 aromatic heterocycles. The summed E-state index contributed by atoms with van der Waals surface area (Å²) in [6.45, 7) is 7.07. The zero-order valence-corrected chi connectivity index (χ0v) is 11.8. The standard InChI is InChI=1S/C16H21NO2/c1-16(2,3)19-12-9-10-17-14(12)13(15(17)18)11-7-5-4-6-8-11/h4-8,12-14H,9-10H2,1-3H3/t12-,13+,14-/m0/s1. The summed E-state index contributed by atoms with van der Waals surface area (Å²) in [4.78, 5) is 14.2. The Balaban J connectivity index is 1.82. The number of β-lactam (4-membered cyclic amide) rings is 1. The zero-order chi connectivity index (χ0) is 13.6. The first-order valence-electron chi connectivity index (χ1n) is 7.00. The van der Waals surface area contributed by atoms with E-state index in [1.807, 2.05) is 35.2 Å².